The number of rotatable bonds is 3. The minimum absolute atomic E-state index is 0.522. The lowest BCUT2D eigenvalue weighted by molar-refractivity contribution is 0.819. The van der Waals surface area contributed by atoms with Crippen LogP contribution in [0.15, 0.2) is 84.0 Å². The fourth-order valence-electron chi connectivity index (χ4n) is 3.75. The van der Waals surface area contributed by atoms with E-state index in [9.17, 15) is 0 Å². The van der Waals surface area contributed by atoms with Gasteiger partial charge in [-0.15, -0.1) is 10.2 Å². The van der Waals surface area contributed by atoms with Crippen molar-refractivity contribution in [2.75, 3.05) is 0 Å². The Hall–Kier alpha value is -3.51. The Labute approximate surface area is 170 Å². The molecule has 29 heavy (non-hydrogen) atoms. The van der Waals surface area contributed by atoms with Gasteiger partial charge >= 0.3 is 0 Å². The third-order valence-corrected chi connectivity index (χ3v) is 6.09. The van der Waals surface area contributed by atoms with Crippen LogP contribution < -0.4 is 0 Å². The summed E-state index contributed by atoms with van der Waals surface area (Å²) in [6.07, 6.45) is 0. The summed E-state index contributed by atoms with van der Waals surface area (Å²) in [4.78, 5) is 4.85. The van der Waals surface area contributed by atoms with Gasteiger partial charge in [0.15, 0.2) is 0 Å². The molecule has 0 saturated carbocycles. The first-order valence-electron chi connectivity index (χ1n) is 9.38. The van der Waals surface area contributed by atoms with E-state index < -0.39 is 0 Å². The second kappa shape index (κ2) is 6.53. The van der Waals surface area contributed by atoms with Gasteiger partial charge in [0.2, 0.25) is 5.16 Å². The maximum atomic E-state index is 4.94. The van der Waals surface area contributed by atoms with E-state index in [2.05, 4.69) is 58.7 Å². The van der Waals surface area contributed by atoms with Crippen molar-refractivity contribution in [3.05, 3.63) is 84.4 Å². The van der Waals surface area contributed by atoms with Gasteiger partial charge in [-0.05, 0) is 16.3 Å². The zero-order chi connectivity index (χ0) is 19.2. The summed E-state index contributed by atoms with van der Waals surface area (Å²) in [7, 11) is 0. The molecule has 5 nitrogen and oxygen atoms in total. The fourth-order valence-corrected chi connectivity index (χ4v) is 4.58. The van der Waals surface area contributed by atoms with Crippen molar-refractivity contribution in [1.29, 1.82) is 0 Å². The van der Waals surface area contributed by atoms with Gasteiger partial charge in [0.25, 0.3) is 5.78 Å². The van der Waals surface area contributed by atoms with Crippen molar-refractivity contribution in [2.45, 2.75) is 10.9 Å². The topological polar surface area (TPSA) is 56.0 Å². The van der Waals surface area contributed by atoms with Crippen LogP contribution in [0.2, 0.25) is 0 Å². The summed E-state index contributed by atoms with van der Waals surface area (Å²) in [5, 5.41) is 18.8. The molecule has 6 rings (SSSR count). The first-order chi connectivity index (χ1) is 14.4. The van der Waals surface area contributed by atoms with Crippen LogP contribution in [0.5, 0.6) is 0 Å². The average Bonchev–Trinajstić information content (AvgIpc) is 3.19. The monoisotopic (exact) mass is 393 g/mol. The average molecular weight is 393 g/mol. The lowest BCUT2D eigenvalue weighted by Crippen LogP contribution is -1.99. The Morgan fingerprint density at radius 2 is 1.28 bits per heavy atom. The van der Waals surface area contributed by atoms with Crippen molar-refractivity contribution in [2.24, 2.45) is 0 Å². The zero-order valence-electron chi connectivity index (χ0n) is 15.4. The molecule has 0 aliphatic rings. The van der Waals surface area contributed by atoms with Gasteiger partial charge in [-0.3, -0.25) is 0 Å². The smallest absolute Gasteiger partial charge is 0.207 e. The lowest BCUT2D eigenvalue weighted by atomic mass is 10.00. The molecule has 0 N–H and O–H groups in total. The van der Waals surface area contributed by atoms with E-state index in [4.69, 9.17) is 10.1 Å². The first kappa shape index (κ1) is 16.4. The minimum Gasteiger partial charge on any atom is -0.207 e. The summed E-state index contributed by atoms with van der Waals surface area (Å²) in [5.41, 5.74) is 2.96. The number of hydrogen-bond donors (Lipinski definition) is 0. The molecule has 0 aliphatic heterocycles. The Kier molecular flexibility index (Phi) is 3.70. The summed E-state index contributed by atoms with van der Waals surface area (Å²) in [5.74, 6) is 1.33. The molecule has 0 radical (unpaired) electrons. The Bertz CT molecular complexity index is 1510. The first-order valence-corrected chi connectivity index (χ1v) is 10.4. The number of hydrogen-bond acceptors (Lipinski definition) is 5. The van der Waals surface area contributed by atoms with Crippen LogP contribution in [0.25, 0.3) is 38.4 Å². The summed E-state index contributed by atoms with van der Waals surface area (Å²) < 4.78 is 1.76. The molecule has 4 aromatic carbocycles. The molecule has 0 bridgehead atoms. The standard InChI is InChI=1S/C23H15N5S/c1-2-8-15(9-3-1)14-29-23-26-25-22-24-20-18-12-6-4-10-16(18)17-11-5-7-13-19(17)21(20)27-28(22)23/h1-13H,14H2. The molecule has 0 spiro atoms. The number of benzene rings is 4. The third-order valence-electron chi connectivity index (χ3n) is 5.10. The second-order valence-electron chi connectivity index (χ2n) is 6.87. The van der Waals surface area contributed by atoms with Crippen LogP contribution >= 0.6 is 11.8 Å². The normalized spacial score (nSPS) is 11.7. The largest absolute Gasteiger partial charge is 0.273 e. The number of thioether (sulfide) groups is 1. The second-order valence-corrected chi connectivity index (χ2v) is 7.81. The predicted octanol–water partition coefficient (Wildman–Crippen LogP) is 5.27. The maximum absolute atomic E-state index is 4.94. The lowest BCUT2D eigenvalue weighted by Gasteiger charge is -2.09. The van der Waals surface area contributed by atoms with Gasteiger partial charge in [-0.25, -0.2) is 4.98 Å². The van der Waals surface area contributed by atoms with E-state index in [-0.39, 0.29) is 0 Å². The van der Waals surface area contributed by atoms with E-state index in [1.54, 1.807) is 16.3 Å². The Morgan fingerprint density at radius 3 is 2.00 bits per heavy atom. The molecule has 0 unspecified atom stereocenters. The van der Waals surface area contributed by atoms with Crippen molar-refractivity contribution >= 4 is 50.1 Å². The van der Waals surface area contributed by atoms with Crippen LogP contribution in [-0.4, -0.2) is 24.8 Å². The highest BCUT2D eigenvalue weighted by atomic mass is 32.2. The molecule has 0 aliphatic carbocycles. The molecule has 2 aromatic heterocycles. The molecule has 0 amide bonds. The van der Waals surface area contributed by atoms with Crippen LogP contribution in [0.3, 0.4) is 0 Å². The maximum Gasteiger partial charge on any atom is 0.273 e. The molecule has 0 atom stereocenters. The molecule has 6 heteroatoms. The summed E-state index contributed by atoms with van der Waals surface area (Å²) >= 11 is 1.61. The van der Waals surface area contributed by atoms with Gasteiger partial charge in [0.1, 0.15) is 11.0 Å². The molecule has 0 saturated heterocycles. The van der Waals surface area contributed by atoms with E-state index in [0.717, 1.165) is 32.7 Å². The molecule has 138 valence electrons. The van der Waals surface area contributed by atoms with Gasteiger partial charge in [-0.1, -0.05) is 90.6 Å². The number of nitrogens with zero attached hydrogens (tertiary/aromatic N) is 5. The Balaban J connectivity index is 1.59. The quantitative estimate of drug-likeness (QED) is 0.303. The van der Waals surface area contributed by atoms with Crippen LogP contribution in [0.4, 0.5) is 0 Å². The molecular formula is C23H15N5S. The van der Waals surface area contributed by atoms with Gasteiger partial charge in [-0.2, -0.15) is 9.61 Å². The van der Waals surface area contributed by atoms with Crippen molar-refractivity contribution in [3.63, 3.8) is 0 Å². The van der Waals surface area contributed by atoms with E-state index in [0.29, 0.717) is 5.78 Å². The van der Waals surface area contributed by atoms with Gasteiger partial charge in [0.05, 0.1) is 0 Å². The van der Waals surface area contributed by atoms with Gasteiger partial charge in [0, 0.05) is 16.5 Å². The zero-order valence-corrected chi connectivity index (χ0v) is 16.2. The number of aromatic nitrogens is 5. The summed E-state index contributed by atoms with van der Waals surface area (Å²) in [6, 6.07) is 27.0. The van der Waals surface area contributed by atoms with E-state index in [1.165, 1.54) is 16.3 Å². The highest BCUT2D eigenvalue weighted by Gasteiger charge is 2.15. The molecule has 6 aromatic rings. The van der Waals surface area contributed by atoms with Crippen molar-refractivity contribution in [1.82, 2.24) is 24.8 Å². The summed E-state index contributed by atoms with van der Waals surface area (Å²) in [6.45, 7) is 0. The molecule has 2 heterocycles. The predicted molar refractivity (Wildman–Crippen MR) is 117 cm³/mol. The number of fused-ring (bicyclic) bond motifs is 7. The minimum atomic E-state index is 0.522. The van der Waals surface area contributed by atoms with Crippen LogP contribution in [0, 0.1) is 0 Å². The van der Waals surface area contributed by atoms with Gasteiger partial charge < -0.3 is 0 Å². The highest BCUT2D eigenvalue weighted by molar-refractivity contribution is 7.98. The third kappa shape index (κ3) is 2.64. The van der Waals surface area contributed by atoms with Crippen LogP contribution in [-0.2, 0) is 5.75 Å². The highest BCUT2D eigenvalue weighted by Crippen LogP contribution is 2.33. The van der Waals surface area contributed by atoms with E-state index >= 15 is 0 Å². The SMILES string of the molecule is c1ccc(CSc2nnc3nc4c5ccccc5c5ccccc5c4nn23)cc1. The molecular weight excluding hydrogens is 378 g/mol. The van der Waals surface area contributed by atoms with Crippen molar-refractivity contribution in [3.8, 4) is 0 Å². The molecule has 0 fully saturated rings. The van der Waals surface area contributed by atoms with Crippen LogP contribution in [0.1, 0.15) is 5.56 Å². The van der Waals surface area contributed by atoms with E-state index in [1.807, 2.05) is 30.3 Å². The van der Waals surface area contributed by atoms with Crippen molar-refractivity contribution < 1.29 is 0 Å². The fraction of sp³-hybridized carbons (Fsp3) is 0.0435. The Morgan fingerprint density at radius 1 is 0.655 bits per heavy atom.